The number of nitrogens with zero attached hydrogens (tertiary/aromatic N) is 1. The first-order valence-electron chi connectivity index (χ1n) is 6.59. The second kappa shape index (κ2) is 6.71. The summed E-state index contributed by atoms with van der Waals surface area (Å²) < 4.78 is 1.03. The van der Waals surface area contributed by atoms with Gasteiger partial charge in [-0.25, -0.2) is 0 Å². The summed E-state index contributed by atoms with van der Waals surface area (Å²) in [6, 6.07) is 16.0. The zero-order valence-electron chi connectivity index (χ0n) is 11.8. The number of carbonyl (C=O) groups is 1. The van der Waals surface area contributed by atoms with E-state index < -0.39 is 0 Å². The molecule has 0 spiro atoms. The number of hydrogen-bond donors (Lipinski definition) is 0. The van der Waals surface area contributed by atoms with Gasteiger partial charge in [0, 0.05) is 18.1 Å². The molecule has 0 heterocycles. The van der Waals surface area contributed by atoms with Crippen molar-refractivity contribution in [3.8, 4) is 0 Å². The molecule has 2 aromatic rings. The molecule has 0 atom stereocenters. The van der Waals surface area contributed by atoms with Crippen molar-refractivity contribution < 1.29 is 4.79 Å². The Kier molecular flexibility index (Phi) is 4.96. The van der Waals surface area contributed by atoms with Crippen LogP contribution in [-0.4, -0.2) is 17.9 Å². The lowest BCUT2D eigenvalue weighted by molar-refractivity contribution is -0.129. The number of rotatable bonds is 4. The van der Waals surface area contributed by atoms with Crippen molar-refractivity contribution in [2.45, 2.75) is 19.9 Å². The van der Waals surface area contributed by atoms with Crippen molar-refractivity contribution in [3.05, 3.63) is 69.7 Å². The van der Waals surface area contributed by atoms with E-state index in [0.29, 0.717) is 13.0 Å². The van der Waals surface area contributed by atoms with Crippen LogP contribution in [0.2, 0.25) is 0 Å². The Morgan fingerprint density at radius 2 is 1.75 bits per heavy atom. The molecule has 104 valence electrons. The molecule has 2 nitrogen and oxygen atoms in total. The Labute approximate surface area is 128 Å². The van der Waals surface area contributed by atoms with Crippen LogP contribution in [0, 0.1) is 6.92 Å². The van der Waals surface area contributed by atoms with Crippen LogP contribution in [0.5, 0.6) is 0 Å². The predicted octanol–water partition coefficient (Wildman–Crippen LogP) is 3.96. The zero-order valence-corrected chi connectivity index (χ0v) is 13.4. The van der Waals surface area contributed by atoms with Gasteiger partial charge in [-0.3, -0.25) is 4.79 Å². The molecule has 0 bridgehead atoms. The third kappa shape index (κ3) is 3.94. The molecule has 1 amide bonds. The van der Waals surface area contributed by atoms with Crippen LogP contribution in [0.25, 0.3) is 0 Å². The fourth-order valence-corrected chi connectivity index (χ4v) is 2.31. The van der Waals surface area contributed by atoms with Crippen LogP contribution in [0.15, 0.2) is 53.0 Å². The molecular weight excluding hydrogens is 314 g/mol. The monoisotopic (exact) mass is 331 g/mol. The topological polar surface area (TPSA) is 20.3 Å². The van der Waals surface area contributed by atoms with Gasteiger partial charge in [-0.15, -0.1) is 0 Å². The third-order valence-electron chi connectivity index (χ3n) is 3.36. The first-order chi connectivity index (χ1) is 9.56. The molecule has 0 unspecified atom stereocenters. The lowest BCUT2D eigenvalue weighted by atomic mass is 10.1. The minimum absolute atomic E-state index is 0.135. The van der Waals surface area contributed by atoms with E-state index in [9.17, 15) is 4.79 Å². The van der Waals surface area contributed by atoms with Gasteiger partial charge >= 0.3 is 0 Å². The van der Waals surface area contributed by atoms with Crippen molar-refractivity contribution in [3.63, 3.8) is 0 Å². The van der Waals surface area contributed by atoms with Crippen LogP contribution in [0.4, 0.5) is 0 Å². The SMILES string of the molecule is Cc1ccccc1CN(C)C(=O)Cc1ccc(Br)cc1. The molecule has 0 N–H and O–H groups in total. The van der Waals surface area contributed by atoms with Gasteiger partial charge in [0.05, 0.1) is 6.42 Å². The number of amides is 1. The highest BCUT2D eigenvalue weighted by Crippen LogP contribution is 2.13. The first kappa shape index (κ1) is 14.8. The number of hydrogen-bond acceptors (Lipinski definition) is 1. The maximum absolute atomic E-state index is 12.2. The van der Waals surface area contributed by atoms with Crippen molar-refractivity contribution in [2.75, 3.05) is 7.05 Å². The molecule has 0 aliphatic heterocycles. The van der Waals surface area contributed by atoms with Gasteiger partial charge in [0.15, 0.2) is 0 Å². The standard InChI is InChI=1S/C17H18BrNO/c1-13-5-3-4-6-15(13)12-19(2)17(20)11-14-7-9-16(18)10-8-14/h3-10H,11-12H2,1-2H3. The second-order valence-corrected chi connectivity index (χ2v) is 5.90. The highest BCUT2D eigenvalue weighted by atomic mass is 79.9. The number of likely N-dealkylation sites (N-methyl/N-ethyl adjacent to an activating group) is 1. The van der Waals surface area contributed by atoms with Crippen LogP contribution < -0.4 is 0 Å². The Balaban J connectivity index is 1.99. The summed E-state index contributed by atoms with van der Waals surface area (Å²) >= 11 is 3.40. The van der Waals surface area contributed by atoms with E-state index in [1.54, 1.807) is 4.90 Å². The van der Waals surface area contributed by atoms with Gasteiger partial charge in [0.2, 0.25) is 5.91 Å². The van der Waals surface area contributed by atoms with Gasteiger partial charge in [-0.05, 0) is 35.7 Å². The molecule has 0 aliphatic rings. The summed E-state index contributed by atoms with van der Waals surface area (Å²) in [7, 11) is 1.85. The number of aryl methyl sites for hydroxylation is 1. The molecule has 0 aromatic heterocycles. The van der Waals surface area contributed by atoms with E-state index in [-0.39, 0.29) is 5.91 Å². The summed E-state index contributed by atoms with van der Waals surface area (Å²) in [6.45, 7) is 2.73. The van der Waals surface area contributed by atoms with Gasteiger partial charge < -0.3 is 4.90 Å². The number of benzene rings is 2. The second-order valence-electron chi connectivity index (χ2n) is 4.98. The van der Waals surface area contributed by atoms with E-state index in [2.05, 4.69) is 35.0 Å². The summed E-state index contributed by atoms with van der Waals surface area (Å²) in [5.74, 6) is 0.135. The highest BCUT2D eigenvalue weighted by Gasteiger charge is 2.11. The van der Waals surface area contributed by atoms with E-state index in [1.165, 1.54) is 11.1 Å². The molecule has 2 rings (SSSR count). The summed E-state index contributed by atoms with van der Waals surface area (Å²) in [5, 5.41) is 0. The Bertz CT molecular complexity index is 592. The average molecular weight is 332 g/mol. The third-order valence-corrected chi connectivity index (χ3v) is 3.89. The molecule has 0 radical (unpaired) electrons. The van der Waals surface area contributed by atoms with Crippen LogP contribution in [0.1, 0.15) is 16.7 Å². The lowest BCUT2D eigenvalue weighted by Crippen LogP contribution is -2.28. The fourth-order valence-electron chi connectivity index (χ4n) is 2.04. The smallest absolute Gasteiger partial charge is 0.227 e. The summed E-state index contributed by atoms with van der Waals surface area (Å²) in [4.78, 5) is 14.0. The minimum Gasteiger partial charge on any atom is -0.341 e. The van der Waals surface area contributed by atoms with Gasteiger partial charge in [-0.2, -0.15) is 0 Å². The first-order valence-corrected chi connectivity index (χ1v) is 7.38. The largest absolute Gasteiger partial charge is 0.341 e. The van der Waals surface area contributed by atoms with Crippen molar-refractivity contribution in [1.82, 2.24) is 4.90 Å². The molecule has 20 heavy (non-hydrogen) atoms. The van der Waals surface area contributed by atoms with Crippen LogP contribution in [-0.2, 0) is 17.8 Å². The maximum Gasteiger partial charge on any atom is 0.227 e. The molecule has 2 aromatic carbocycles. The molecular formula is C17H18BrNO. The number of carbonyl (C=O) groups excluding carboxylic acids is 1. The molecule has 0 fully saturated rings. The summed E-state index contributed by atoms with van der Waals surface area (Å²) in [5.41, 5.74) is 3.45. The van der Waals surface area contributed by atoms with Crippen LogP contribution in [0.3, 0.4) is 0 Å². The Morgan fingerprint density at radius 3 is 2.40 bits per heavy atom. The van der Waals surface area contributed by atoms with Crippen molar-refractivity contribution >= 4 is 21.8 Å². The van der Waals surface area contributed by atoms with E-state index >= 15 is 0 Å². The molecule has 0 aliphatic carbocycles. The lowest BCUT2D eigenvalue weighted by Gasteiger charge is -2.18. The maximum atomic E-state index is 12.2. The van der Waals surface area contributed by atoms with E-state index in [1.807, 2.05) is 43.4 Å². The van der Waals surface area contributed by atoms with Crippen molar-refractivity contribution in [1.29, 1.82) is 0 Å². The minimum atomic E-state index is 0.135. The predicted molar refractivity (Wildman–Crippen MR) is 85.5 cm³/mol. The van der Waals surface area contributed by atoms with Gasteiger partial charge in [0.1, 0.15) is 0 Å². The van der Waals surface area contributed by atoms with Crippen molar-refractivity contribution in [2.24, 2.45) is 0 Å². The number of halogens is 1. The average Bonchev–Trinajstić information content (AvgIpc) is 2.44. The van der Waals surface area contributed by atoms with Gasteiger partial charge in [0.25, 0.3) is 0 Å². The van der Waals surface area contributed by atoms with Crippen LogP contribution >= 0.6 is 15.9 Å². The normalized spacial score (nSPS) is 10.3. The summed E-state index contributed by atoms with van der Waals surface area (Å²) in [6.07, 6.45) is 0.440. The van der Waals surface area contributed by atoms with E-state index in [4.69, 9.17) is 0 Å². The highest BCUT2D eigenvalue weighted by molar-refractivity contribution is 9.10. The van der Waals surface area contributed by atoms with E-state index in [0.717, 1.165) is 10.0 Å². The molecule has 0 saturated carbocycles. The van der Waals surface area contributed by atoms with Gasteiger partial charge in [-0.1, -0.05) is 52.3 Å². The zero-order chi connectivity index (χ0) is 14.5. The fraction of sp³-hybridized carbons (Fsp3) is 0.235. The molecule has 3 heteroatoms. The molecule has 0 saturated heterocycles. The Hall–Kier alpha value is -1.61. The Morgan fingerprint density at radius 1 is 1.10 bits per heavy atom. The quantitative estimate of drug-likeness (QED) is 0.830.